The zero-order valence-electron chi connectivity index (χ0n) is 23.1. The second-order valence-electron chi connectivity index (χ2n) is 13.0. The van der Waals surface area contributed by atoms with E-state index in [2.05, 4.69) is 34.3 Å². The maximum Gasteiger partial charge on any atom is 0.309 e. The van der Waals surface area contributed by atoms with E-state index in [0.29, 0.717) is 19.6 Å². The molecule has 8 nitrogen and oxygen atoms in total. The molecule has 0 aromatic rings. The minimum Gasteiger partial charge on any atom is -0.469 e. The zero-order valence-corrected chi connectivity index (χ0v) is 23.1. The largest absolute Gasteiger partial charge is 0.469 e. The van der Waals surface area contributed by atoms with Crippen molar-refractivity contribution in [1.82, 2.24) is 0 Å². The summed E-state index contributed by atoms with van der Waals surface area (Å²) in [5, 5.41) is 0. The number of cyclic esters (lactones) is 1. The van der Waals surface area contributed by atoms with Crippen LogP contribution >= 0.6 is 0 Å². The molecule has 3 heterocycles. The Hall–Kier alpha value is -1.93. The maximum atomic E-state index is 13.2. The fourth-order valence-corrected chi connectivity index (χ4v) is 9.04. The number of carbonyl (C=O) groups is 3. The van der Waals surface area contributed by atoms with E-state index in [1.165, 1.54) is 14.0 Å². The van der Waals surface area contributed by atoms with Crippen molar-refractivity contribution < 1.29 is 38.1 Å². The van der Waals surface area contributed by atoms with Crippen molar-refractivity contribution >= 4 is 17.9 Å². The summed E-state index contributed by atoms with van der Waals surface area (Å²) in [6.07, 6.45) is 2.26. The van der Waals surface area contributed by atoms with Gasteiger partial charge in [-0.2, -0.15) is 0 Å². The summed E-state index contributed by atoms with van der Waals surface area (Å²) in [4.78, 5) is 38.0. The highest BCUT2D eigenvalue weighted by atomic mass is 16.6. The Balaban J connectivity index is 1.61. The van der Waals surface area contributed by atoms with Crippen LogP contribution < -0.4 is 0 Å². The molecule has 8 heteroatoms. The van der Waals surface area contributed by atoms with Crippen LogP contribution in [0, 0.1) is 34.0 Å². The third-order valence-electron chi connectivity index (χ3n) is 11.1. The van der Waals surface area contributed by atoms with Gasteiger partial charge in [-0.1, -0.05) is 34.3 Å². The van der Waals surface area contributed by atoms with Gasteiger partial charge in [0.15, 0.2) is 0 Å². The van der Waals surface area contributed by atoms with Gasteiger partial charge in [0.25, 0.3) is 0 Å². The lowest BCUT2D eigenvalue weighted by Gasteiger charge is -2.71. The van der Waals surface area contributed by atoms with E-state index >= 15 is 0 Å². The molecule has 2 saturated carbocycles. The van der Waals surface area contributed by atoms with Crippen LogP contribution in [0.3, 0.4) is 0 Å². The first-order valence-electron chi connectivity index (χ1n) is 13.7. The predicted octanol–water partition coefficient (Wildman–Crippen LogP) is 4.00. The summed E-state index contributed by atoms with van der Waals surface area (Å²) >= 11 is 0. The first-order valence-corrected chi connectivity index (χ1v) is 13.7. The number of fused-ring (bicyclic) bond motifs is 3. The quantitative estimate of drug-likeness (QED) is 0.313. The Morgan fingerprint density at radius 3 is 2.51 bits per heavy atom. The minimum absolute atomic E-state index is 0.0397. The number of esters is 3. The number of ether oxygens (including phenoxy) is 5. The van der Waals surface area contributed by atoms with E-state index < -0.39 is 27.9 Å². The lowest BCUT2D eigenvalue weighted by molar-refractivity contribution is -0.317. The molecule has 9 atom stereocenters. The minimum atomic E-state index is -0.874. The van der Waals surface area contributed by atoms with E-state index in [0.717, 1.165) is 24.8 Å². The van der Waals surface area contributed by atoms with Crippen LogP contribution in [-0.4, -0.2) is 62.1 Å². The molecule has 2 aliphatic carbocycles. The summed E-state index contributed by atoms with van der Waals surface area (Å²) in [5.74, 6) is -0.941. The fourth-order valence-electron chi connectivity index (χ4n) is 9.04. The number of carbonyl (C=O) groups excluding carboxylic acids is 3. The Kier molecular flexibility index (Phi) is 6.34. The van der Waals surface area contributed by atoms with Gasteiger partial charge >= 0.3 is 17.9 Å². The van der Waals surface area contributed by atoms with Crippen LogP contribution in [0.4, 0.5) is 0 Å². The predicted molar refractivity (Wildman–Crippen MR) is 133 cm³/mol. The highest BCUT2D eigenvalue weighted by Crippen LogP contribution is 2.71. The molecule has 206 valence electrons. The zero-order chi connectivity index (χ0) is 27.0. The van der Waals surface area contributed by atoms with E-state index in [-0.39, 0.29) is 60.7 Å². The Morgan fingerprint density at radius 1 is 1.16 bits per heavy atom. The van der Waals surface area contributed by atoms with Crippen LogP contribution in [0.1, 0.15) is 73.1 Å². The first-order chi connectivity index (χ1) is 17.3. The topological polar surface area (TPSA) is 97.4 Å². The molecule has 0 aromatic heterocycles. The van der Waals surface area contributed by atoms with Crippen LogP contribution in [-0.2, 0) is 38.1 Å². The molecule has 5 fully saturated rings. The lowest BCUT2D eigenvalue weighted by Crippen LogP contribution is -2.75. The van der Waals surface area contributed by atoms with Gasteiger partial charge in [-0.25, -0.2) is 0 Å². The third kappa shape index (κ3) is 3.64. The molecular formula is C29H42O8. The fraction of sp³-hybridized carbons (Fsp3) is 0.828. The highest BCUT2D eigenvalue weighted by molar-refractivity contribution is 5.74. The molecule has 0 amide bonds. The standard InChI is InChI=1S/C29H42O8/c1-16-19-8-10-27(5)25(18-9-11-34-15-18)36-24(32)14-29(16,27)37-22-13-21(35-17(2)30)26(3,4)20(28(19,22)6)12-23(31)33-7/h18-22,25H,1,8-15H2,2-7H3/t18?,19?,20-,21-,22-,25-,27-,28+,29-/m0/s1. The van der Waals surface area contributed by atoms with E-state index in [9.17, 15) is 14.4 Å². The molecule has 0 aromatic carbocycles. The second kappa shape index (κ2) is 8.80. The van der Waals surface area contributed by atoms with Crippen molar-refractivity contribution in [3.63, 3.8) is 0 Å². The van der Waals surface area contributed by atoms with E-state index in [1.54, 1.807) is 0 Å². The molecule has 5 rings (SSSR count). The van der Waals surface area contributed by atoms with Gasteiger partial charge in [0.05, 0.1) is 26.2 Å². The first kappa shape index (κ1) is 26.7. The highest BCUT2D eigenvalue weighted by Gasteiger charge is 2.74. The van der Waals surface area contributed by atoms with Crippen LogP contribution in [0.2, 0.25) is 0 Å². The number of hydrogen-bond acceptors (Lipinski definition) is 8. The molecule has 0 radical (unpaired) electrons. The summed E-state index contributed by atoms with van der Waals surface area (Å²) < 4.78 is 29.9. The van der Waals surface area contributed by atoms with Crippen molar-refractivity contribution in [2.75, 3.05) is 20.3 Å². The van der Waals surface area contributed by atoms with Crippen LogP contribution in [0.25, 0.3) is 0 Å². The molecule has 0 N–H and O–H groups in total. The van der Waals surface area contributed by atoms with Gasteiger partial charge in [0.1, 0.15) is 17.8 Å². The maximum absolute atomic E-state index is 13.2. The molecule has 5 aliphatic rings. The van der Waals surface area contributed by atoms with Crippen molar-refractivity contribution in [1.29, 1.82) is 0 Å². The molecule has 2 bridgehead atoms. The smallest absolute Gasteiger partial charge is 0.309 e. The monoisotopic (exact) mass is 518 g/mol. The Bertz CT molecular complexity index is 998. The Morgan fingerprint density at radius 2 is 1.89 bits per heavy atom. The average molecular weight is 519 g/mol. The number of methoxy groups -OCH3 is 1. The summed E-state index contributed by atoms with van der Waals surface area (Å²) in [7, 11) is 1.40. The van der Waals surface area contributed by atoms with Gasteiger partial charge in [0.2, 0.25) is 0 Å². The van der Waals surface area contributed by atoms with Gasteiger partial charge < -0.3 is 23.7 Å². The van der Waals surface area contributed by atoms with Crippen LogP contribution in [0.5, 0.6) is 0 Å². The molecule has 2 unspecified atom stereocenters. The molecule has 37 heavy (non-hydrogen) atoms. The lowest BCUT2D eigenvalue weighted by atomic mass is 9.41. The van der Waals surface area contributed by atoms with Crippen LogP contribution in [0.15, 0.2) is 12.2 Å². The SMILES string of the molecule is C=C1C2CC[C@@]3(C)[C@H](C4CCOC4)OC(=O)C[C@]13O[C@H]1C[C@H](OC(C)=O)C(C)(C)[C@H](CC(=O)OC)[C@@]21C. The van der Waals surface area contributed by atoms with Crippen molar-refractivity contribution in [3.05, 3.63) is 12.2 Å². The molecule has 1 spiro atoms. The number of rotatable bonds is 4. The van der Waals surface area contributed by atoms with Gasteiger partial charge in [-0.05, 0) is 36.7 Å². The molecular weight excluding hydrogens is 476 g/mol. The van der Waals surface area contributed by atoms with Crippen molar-refractivity contribution in [2.45, 2.75) is 97.1 Å². The normalized spacial score (nSPS) is 46.3. The number of hydrogen-bond donors (Lipinski definition) is 0. The van der Waals surface area contributed by atoms with Crippen molar-refractivity contribution in [2.24, 2.45) is 34.0 Å². The molecule has 3 aliphatic heterocycles. The van der Waals surface area contributed by atoms with Crippen molar-refractivity contribution in [3.8, 4) is 0 Å². The third-order valence-corrected chi connectivity index (χ3v) is 11.1. The second-order valence-corrected chi connectivity index (χ2v) is 13.0. The van der Waals surface area contributed by atoms with Gasteiger partial charge in [-0.15, -0.1) is 0 Å². The Labute approximate surface area is 219 Å². The van der Waals surface area contributed by atoms with E-state index in [4.69, 9.17) is 23.7 Å². The van der Waals surface area contributed by atoms with Gasteiger partial charge in [0, 0.05) is 48.5 Å². The summed E-state index contributed by atoms with van der Waals surface area (Å²) in [6.45, 7) is 15.8. The summed E-state index contributed by atoms with van der Waals surface area (Å²) in [5.41, 5.74) is -1.34. The average Bonchev–Trinajstić information content (AvgIpc) is 3.35. The van der Waals surface area contributed by atoms with E-state index in [1.807, 2.05) is 0 Å². The van der Waals surface area contributed by atoms with Gasteiger partial charge in [-0.3, -0.25) is 14.4 Å². The molecule has 3 saturated heterocycles. The summed E-state index contributed by atoms with van der Waals surface area (Å²) in [6, 6.07) is 0.